The second-order valence-electron chi connectivity index (χ2n) is 5.13. The highest BCUT2D eigenvalue weighted by molar-refractivity contribution is 5.85. The number of hydrogen-bond donors (Lipinski definition) is 1. The van der Waals surface area contributed by atoms with Crippen molar-refractivity contribution in [1.29, 1.82) is 0 Å². The summed E-state index contributed by atoms with van der Waals surface area (Å²) in [6, 6.07) is 7.65. The summed E-state index contributed by atoms with van der Waals surface area (Å²) in [5, 5.41) is 16.4. The molecule has 0 bridgehead atoms. The third-order valence-electron chi connectivity index (χ3n) is 2.75. The van der Waals surface area contributed by atoms with Crippen LogP contribution in [0.2, 0.25) is 0 Å². The Morgan fingerprint density at radius 2 is 1.83 bits per heavy atom. The SMILES string of the molecule is CC(C)(C)c1ccc(-n2nncc2C(=O)O)cc1. The van der Waals surface area contributed by atoms with E-state index in [4.69, 9.17) is 5.11 Å². The maximum Gasteiger partial charge on any atom is 0.356 e. The summed E-state index contributed by atoms with van der Waals surface area (Å²) in [5.41, 5.74) is 2.00. The molecule has 18 heavy (non-hydrogen) atoms. The molecule has 0 fully saturated rings. The van der Waals surface area contributed by atoms with Crippen LogP contribution in [-0.4, -0.2) is 26.1 Å². The van der Waals surface area contributed by atoms with Crippen molar-refractivity contribution in [1.82, 2.24) is 15.0 Å². The lowest BCUT2D eigenvalue weighted by Crippen LogP contribution is -2.12. The minimum atomic E-state index is -1.04. The number of rotatable bonds is 2. The van der Waals surface area contributed by atoms with Crippen molar-refractivity contribution >= 4 is 5.97 Å². The lowest BCUT2D eigenvalue weighted by molar-refractivity contribution is 0.0687. The maximum atomic E-state index is 11.0. The van der Waals surface area contributed by atoms with E-state index in [2.05, 4.69) is 31.1 Å². The van der Waals surface area contributed by atoms with Crippen LogP contribution in [0, 0.1) is 0 Å². The molecule has 1 aromatic heterocycles. The first-order chi connectivity index (χ1) is 8.39. The highest BCUT2D eigenvalue weighted by Crippen LogP contribution is 2.23. The summed E-state index contributed by atoms with van der Waals surface area (Å²) in [7, 11) is 0. The molecule has 0 saturated heterocycles. The molecule has 0 atom stereocenters. The molecule has 0 spiro atoms. The number of benzene rings is 1. The fourth-order valence-electron chi connectivity index (χ4n) is 1.67. The standard InChI is InChI=1S/C13H15N3O2/c1-13(2,3)9-4-6-10(7-5-9)16-11(12(17)18)8-14-15-16/h4-8H,1-3H3,(H,17,18). The van der Waals surface area contributed by atoms with E-state index >= 15 is 0 Å². The molecule has 0 unspecified atom stereocenters. The number of carbonyl (C=O) groups is 1. The van der Waals surface area contributed by atoms with Gasteiger partial charge >= 0.3 is 5.97 Å². The zero-order valence-electron chi connectivity index (χ0n) is 10.6. The predicted molar refractivity (Wildman–Crippen MR) is 67.0 cm³/mol. The number of aromatic nitrogens is 3. The fourth-order valence-corrected chi connectivity index (χ4v) is 1.67. The quantitative estimate of drug-likeness (QED) is 0.881. The van der Waals surface area contributed by atoms with Gasteiger partial charge in [0.1, 0.15) is 0 Å². The van der Waals surface area contributed by atoms with Gasteiger partial charge in [-0.25, -0.2) is 9.48 Å². The Hall–Kier alpha value is -2.17. The summed E-state index contributed by atoms with van der Waals surface area (Å²) in [6.45, 7) is 6.38. The zero-order chi connectivity index (χ0) is 13.3. The highest BCUT2D eigenvalue weighted by atomic mass is 16.4. The molecule has 2 rings (SSSR count). The van der Waals surface area contributed by atoms with Crippen LogP contribution in [0.25, 0.3) is 5.69 Å². The van der Waals surface area contributed by atoms with Gasteiger partial charge in [0, 0.05) is 0 Å². The Kier molecular flexibility index (Phi) is 2.90. The molecule has 1 aromatic carbocycles. The van der Waals surface area contributed by atoms with Crippen LogP contribution >= 0.6 is 0 Å². The summed E-state index contributed by atoms with van der Waals surface area (Å²) < 4.78 is 1.31. The molecule has 5 nitrogen and oxygen atoms in total. The molecule has 0 aliphatic heterocycles. The zero-order valence-corrected chi connectivity index (χ0v) is 10.6. The number of carboxylic acids is 1. The van der Waals surface area contributed by atoms with Crippen LogP contribution in [0.4, 0.5) is 0 Å². The lowest BCUT2D eigenvalue weighted by atomic mass is 9.87. The van der Waals surface area contributed by atoms with Gasteiger partial charge in [-0.2, -0.15) is 0 Å². The van der Waals surface area contributed by atoms with Gasteiger partial charge in [-0.1, -0.05) is 38.1 Å². The van der Waals surface area contributed by atoms with Crippen molar-refractivity contribution in [3.05, 3.63) is 41.7 Å². The first kappa shape index (κ1) is 12.3. The van der Waals surface area contributed by atoms with Crippen molar-refractivity contribution in [3.8, 4) is 5.69 Å². The van der Waals surface area contributed by atoms with E-state index in [1.54, 1.807) is 0 Å². The minimum absolute atomic E-state index is 0.0542. The molecule has 1 heterocycles. The van der Waals surface area contributed by atoms with E-state index in [0.717, 1.165) is 0 Å². The van der Waals surface area contributed by atoms with E-state index in [-0.39, 0.29) is 11.1 Å². The molecule has 0 radical (unpaired) electrons. The van der Waals surface area contributed by atoms with Crippen LogP contribution in [0.3, 0.4) is 0 Å². The number of hydrogen-bond acceptors (Lipinski definition) is 3. The Morgan fingerprint density at radius 3 is 2.33 bits per heavy atom. The van der Waals surface area contributed by atoms with Crippen LogP contribution in [0.5, 0.6) is 0 Å². The Labute approximate surface area is 105 Å². The molecule has 0 amide bonds. The van der Waals surface area contributed by atoms with Crippen LogP contribution in [0.15, 0.2) is 30.5 Å². The lowest BCUT2D eigenvalue weighted by Gasteiger charge is -2.19. The minimum Gasteiger partial charge on any atom is -0.476 e. The predicted octanol–water partition coefficient (Wildman–Crippen LogP) is 2.26. The van der Waals surface area contributed by atoms with Gasteiger partial charge in [-0.05, 0) is 23.1 Å². The van der Waals surface area contributed by atoms with E-state index < -0.39 is 5.97 Å². The Balaban J connectivity index is 2.41. The number of carboxylic acid groups (broad SMARTS) is 1. The molecule has 0 aliphatic rings. The van der Waals surface area contributed by atoms with E-state index in [9.17, 15) is 4.79 Å². The first-order valence-electron chi connectivity index (χ1n) is 5.64. The average Bonchev–Trinajstić information content (AvgIpc) is 2.77. The average molecular weight is 245 g/mol. The largest absolute Gasteiger partial charge is 0.476 e. The van der Waals surface area contributed by atoms with Gasteiger partial charge in [-0.15, -0.1) is 5.10 Å². The monoisotopic (exact) mass is 245 g/mol. The molecule has 0 saturated carbocycles. The van der Waals surface area contributed by atoms with E-state index in [1.807, 2.05) is 24.3 Å². The summed E-state index contributed by atoms with van der Waals surface area (Å²) >= 11 is 0. The maximum absolute atomic E-state index is 11.0. The second-order valence-corrected chi connectivity index (χ2v) is 5.13. The summed E-state index contributed by atoms with van der Waals surface area (Å²) in [4.78, 5) is 11.0. The normalized spacial score (nSPS) is 11.5. The molecule has 5 heteroatoms. The van der Waals surface area contributed by atoms with Crippen molar-refractivity contribution < 1.29 is 9.90 Å². The van der Waals surface area contributed by atoms with Crippen LogP contribution in [-0.2, 0) is 5.41 Å². The van der Waals surface area contributed by atoms with Crippen molar-refractivity contribution in [2.24, 2.45) is 0 Å². The summed E-state index contributed by atoms with van der Waals surface area (Å²) in [5.74, 6) is -1.04. The van der Waals surface area contributed by atoms with Crippen molar-refractivity contribution in [3.63, 3.8) is 0 Å². The van der Waals surface area contributed by atoms with Gasteiger partial charge in [0.25, 0.3) is 0 Å². The van der Waals surface area contributed by atoms with Crippen molar-refractivity contribution in [2.45, 2.75) is 26.2 Å². The second kappa shape index (κ2) is 4.25. The highest BCUT2D eigenvalue weighted by Gasteiger charge is 2.15. The Bertz CT molecular complexity index is 565. The van der Waals surface area contributed by atoms with E-state index in [1.165, 1.54) is 16.4 Å². The molecule has 2 aromatic rings. The number of nitrogens with zero attached hydrogens (tertiary/aromatic N) is 3. The molecule has 1 N–H and O–H groups in total. The summed E-state index contributed by atoms with van der Waals surface area (Å²) in [6.07, 6.45) is 1.24. The topological polar surface area (TPSA) is 68.0 Å². The number of aromatic carboxylic acids is 1. The van der Waals surface area contributed by atoms with Crippen LogP contribution in [0.1, 0.15) is 36.8 Å². The third kappa shape index (κ3) is 2.25. The van der Waals surface area contributed by atoms with Crippen molar-refractivity contribution in [2.75, 3.05) is 0 Å². The van der Waals surface area contributed by atoms with Gasteiger partial charge < -0.3 is 5.11 Å². The first-order valence-corrected chi connectivity index (χ1v) is 5.64. The van der Waals surface area contributed by atoms with Gasteiger partial charge in [0.05, 0.1) is 11.9 Å². The van der Waals surface area contributed by atoms with Gasteiger partial charge in [0.2, 0.25) is 0 Å². The Morgan fingerprint density at radius 1 is 1.22 bits per heavy atom. The fraction of sp³-hybridized carbons (Fsp3) is 0.308. The molecular formula is C13H15N3O2. The smallest absolute Gasteiger partial charge is 0.356 e. The van der Waals surface area contributed by atoms with Gasteiger partial charge in [-0.3, -0.25) is 0 Å². The molecular weight excluding hydrogens is 230 g/mol. The van der Waals surface area contributed by atoms with Crippen LogP contribution < -0.4 is 0 Å². The molecule has 0 aliphatic carbocycles. The van der Waals surface area contributed by atoms with E-state index in [0.29, 0.717) is 5.69 Å². The molecule has 94 valence electrons. The third-order valence-corrected chi connectivity index (χ3v) is 2.75. The van der Waals surface area contributed by atoms with Gasteiger partial charge in [0.15, 0.2) is 5.69 Å².